The van der Waals surface area contributed by atoms with Gasteiger partial charge in [-0.2, -0.15) is 5.10 Å². The SMILES string of the molecule is CC(=O)N1CCC(n2cc(-c3cnc4[nH]cc(Cl)c4c3NC3CC3)cn2)[C@@H](F)C1. The second-order valence-corrected chi connectivity index (χ2v) is 8.28. The number of alkyl halides is 1. The number of hydrogen-bond acceptors (Lipinski definition) is 4. The van der Waals surface area contributed by atoms with Gasteiger partial charge in [0.1, 0.15) is 11.8 Å². The van der Waals surface area contributed by atoms with Crippen LogP contribution in [-0.4, -0.2) is 55.9 Å². The maximum absolute atomic E-state index is 14.7. The van der Waals surface area contributed by atoms with Crippen molar-refractivity contribution in [1.82, 2.24) is 24.6 Å². The lowest BCUT2D eigenvalue weighted by atomic mass is 10.0. The molecule has 7 nitrogen and oxygen atoms in total. The molecule has 1 saturated heterocycles. The molecule has 2 aliphatic rings. The zero-order valence-electron chi connectivity index (χ0n) is 16.0. The number of nitrogens with one attached hydrogen (secondary N) is 2. The molecule has 5 rings (SSSR count). The summed E-state index contributed by atoms with van der Waals surface area (Å²) in [6, 6.07) is 0.0539. The molecular weight excluding hydrogens is 395 g/mol. The number of fused-ring (bicyclic) bond motifs is 1. The van der Waals surface area contributed by atoms with Crippen molar-refractivity contribution in [2.75, 3.05) is 18.4 Å². The van der Waals surface area contributed by atoms with Crippen LogP contribution in [0.4, 0.5) is 10.1 Å². The number of H-pyrrole nitrogens is 1. The van der Waals surface area contributed by atoms with Gasteiger partial charge in [-0.25, -0.2) is 9.37 Å². The van der Waals surface area contributed by atoms with E-state index in [0.717, 1.165) is 40.7 Å². The molecule has 1 unspecified atom stereocenters. The van der Waals surface area contributed by atoms with Crippen molar-refractivity contribution in [2.24, 2.45) is 0 Å². The standard InChI is InChI=1S/C20H22ClFN6O/c1-11(29)27-5-4-17(16(22)10-27)28-9-12(6-25-28)14-7-23-20-18(15(21)8-24-20)19(14)26-13-2-3-13/h6-9,13,16-17H,2-5,10H2,1H3,(H2,23,24,26)/t16-,17?/m0/s1. The minimum Gasteiger partial charge on any atom is -0.381 e. The highest BCUT2D eigenvalue weighted by atomic mass is 35.5. The number of carbonyl (C=O) groups is 1. The zero-order valence-corrected chi connectivity index (χ0v) is 16.8. The molecule has 3 aromatic rings. The highest BCUT2D eigenvalue weighted by molar-refractivity contribution is 6.36. The minimum absolute atomic E-state index is 0.0918. The Morgan fingerprint density at radius 1 is 1.34 bits per heavy atom. The maximum Gasteiger partial charge on any atom is 0.219 e. The molecular formula is C20H22ClFN6O. The van der Waals surface area contributed by atoms with E-state index in [2.05, 4.69) is 20.4 Å². The number of pyridine rings is 1. The number of amides is 1. The zero-order chi connectivity index (χ0) is 20.1. The average Bonchev–Trinajstić information content (AvgIpc) is 3.24. The molecule has 29 heavy (non-hydrogen) atoms. The Kier molecular flexibility index (Phi) is 4.46. The third kappa shape index (κ3) is 3.35. The van der Waals surface area contributed by atoms with Gasteiger partial charge in [0, 0.05) is 49.2 Å². The topological polar surface area (TPSA) is 78.8 Å². The van der Waals surface area contributed by atoms with Crippen molar-refractivity contribution in [1.29, 1.82) is 0 Å². The first-order valence-corrected chi connectivity index (χ1v) is 10.3. The summed E-state index contributed by atoms with van der Waals surface area (Å²) < 4.78 is 16.4. The van der Waals surface area contributed by atoms with E-state index in [4.69, 9.17) is 11.6 Å². The largest absolute Gasteiger partial charge is 0.381 e. The second-order valence-electron chi connectivity index (χ2n) is 7.87. The summed E-state index contributed by atoms with van der Waals surface area (Å²) >= 11 is 6.41. The van der Waals surface area contributed by atoms with Crippen LogP contribution in [-0.2, 0) is 4.79 Å². The van der Waals surface area contributed by atoms with Crippen molar-refractivity contribution in [3.8, 4) is 11.1 Å². The monoisotopic (exact) mass is 416 g/mol. The van der Waals surface area contributed by atoms with Crippen LogP contribution < -0.4 is 5.32 Å². The summed E-state index contributed by atoms with van der Waals surface area (Å²) in [7, 11) is 0. The number of piperidine rings is 1. The van der Waals surface area contributed by atoms with Gasteiger partial charge in [-0.1, -0.05) is 11.6 Å². The van der Waals surface area contributed by atoms with E-state index in [1.54, 1.807) is 28.2 Å². The Morgan fingerprint density at radius 3 is 2.90 bits per heavy atom. The number of aromatic amines is 1. The molecule has 0 radical (unpaired) electrons. The maximum atomic E-state index is 14.7. The quantitative estimate of drug-likeness (QED) is 0.678. The molecule has 2 N–H and O–H groups in total. The van der Waals surface area contributed by atoms with Gasteiger partial charge in [0.05, 0.1) is 34.9 Å². The number of nitrogens with zero attached hydrogens (tertiary/aromatic N) is 4. The van der Waals surface area contributed by atoms with Crippen molar-refractivity contribution in [3.05, 3.63) is 29.8 Å². The minimum atomic E-state index is -1.15. The average molecular weight is 417 g/mol. The first kappa shape index (κ1) is 18.4. The molecule has 1 amide bonds. The van der Waals surface area contributed by atoms with E-state index in [1.807, 2.05) is 6.20 Å². The molecule has 2 atom stereocenters. The number of likely N-dealkylation sites (tertiary alicyclic amines) is 1. The predicted molar refractivity (Wildman–Crippen MR) is 110 cm³/mol. The normalized spacial score (nSPS) is 22.2. The summed E-state index contributed by atoms with van der Waals surface area (Å²) in [5.74, 6) is -0.0918. The van der Waals surface area contributed by atoms with Crippen LogP contribution in [0.25, 0.3) is 22.2 Å². The molecule has 9 heteroatoms. The van der Waals surface area contributed by atoms with Gasteiger partial charge in [-0.3, -0.25) is 9.48 Å². The smallest absolute Gasteiger partial charge is 0.219 e. The van der Waals surface area contributed by atoms with Crippen LogP contribution in [0.2, 0.25) is 5.02 Å². The van der Waals surface area contributed by atoms with Crippen molar-refractivity contribution < 1.29 is 9.18 Å². The number of hydrogen-bond donors (Lipinski definition) is 2. The van der Waals surface area contributed by atoms with Crippen LogP contribution in [0.15, 0.2) is 24.8 Å². The Bertz CT molecular complexity index is 1070. The van der Waals surface area contributed by atoms with E-state index in [1.165, 1.54) is 6.92 Å². The molecule has 1 aliphatic heterocycles. The lowest BCUT2D eigenvalue weighted by Crippen LogP contribution is -2.44. The Hall–Kier alpha value is -2.61. The van der Waals surface area contributed by atoms with E-state index in [-0.39, 0.29) is 18.5 Å². The Balaban J connectivity index is 1.48. The molecule has 152 valence electrons. The van der Waals surface area contributed by atoms with Gasteiger partial charge in [0.25, 0.3) is 0 Å². The van der Waals surface area contributed by atoms with Crippen molar-refractivity contribution in [2.45, 2.75) is 44.4 Å². The van der Waals surface area contributed by atoms with Crippen LogP contribution in [0.1, 0.15) is 32.2 Å². The highest BCUT2D eigenvalue weighted by Gasteiger charge is 2.32. The molecule has 1 saturated carbocycles. The highest BCUT2D eigenvalue weighted by Crippen LogP contribution is 2.40. The first-order valence-electron chi connectivity index (χ1n) is 9.87. The third-order valence-electron chi connectivity index (χ3n) is 5.78. The van der Waals surface area contributed by atoms with E-state index >= 15 is 0 Å². The number of anilines is 1. The second kappa shape index (κ2) is 7.02. The molecule has 0 spiro atoms. The summed E-state index contributed by atoms with van der Waals surface area (Å²) in [5, 5.41) is 9.49. The fraction of sp³-hybridized carbons (Fsp3) is 0.450. The summed E-state index contributed by atoms with van der Waals surface area (Å²) in [4.78, 5) is 20.7. The Morgan fingerprint density at radius 2 is 2.17 bits per heavy atom. The molecule has 0 aromatic carbocycles. The van der Waals surface area contributed by atoms with Gasteiger partial charge in [-0.15, -0.1) is 0 Å². The lowest BCUT2D eigenvalue weighted by Gasteiger charge is -2.34. The van der Waals surface area contributed by atoms with Crippen LogP contribution in [0.5, 0.6) is 0 Å². The fourth-order valence-corrected chi connectivity index (χ4v) is 4.23. The number of halogens is 2. The molecule has 1 aliphatic carbocycles. The molecule has 4 heterocycles. The lowest BCUT2D eigenvalue weighted by molar-refractivity contribution is -0.131. The van der Waals surface area contributed by atoms with E-state index in [9.17, 15) is 9.18 Å². The van der Waals surface area contributed by atoms with Crippen LogP contribution >= 0.6 is 11.6 Å². The van der Waals surface area contributed by atoms with Gasteiger partial charge in [0.2, 0.25) is 5.91 Å². The number of rotatable bonds is 4. The van der Waals surface area contributed by atoms with Gasteiger partial charge in [-0.05, 0) is 19.3 Å². The summed E-state index contributed by atoms with van der Waals surface area (Å²) in [5.41, 5.74) is 3.43. The van der Waals surface area contributed by atoms with Gasteiger partial charge < -0.3 is 15.2 Å². The molecule has 3 aromatic heterocycles. The summed E-state index contributed by atoms with van der Waals surface area (Å²) in [6.07, 6.45) is 8.78. The fourth-order valence-electron chi connectivity index (χ4n) is 3.99. The third-order valence-corrected chi connectivity index (χ3v) is 6.08. The van der Waals surface area contributed by atoms with Crippen LogP contribution in [0.3, 0.4) is 0 Å². The van der Waals surface area contributed by atoms with E-state index < -0.39 is 6.17 Å². The Labute approximate surface area is 172 Å². The number of carbonyl (C=O) groups excluding carboxylic acids is 1. The van der Waals surface area contributed by atoms with Crippen LogP contribution in [0, 0.1) is 0 Å². The summed E-state index contributed by atoms with van der Waals surface area (Å²) in [6.45, 7) is 2.12. The predicted octanol–water partition coefficient (Wildman–Crippen LogP) is 3.79. The number of aromatic nitrogens is 4. The van der Waals surface area contributed by atoms with Crippen molar-refractivity contribution in [3.63, 3.8) is 0 Å². The van der Waals surface area contributed by atoms with Crippen molar-refractivity contribution >= 4 is 34.2 Å². The first-order chi connectivity index (χ1) is 14.0. The molecule has 2 fully saturated rings. The molecule has 0 bridgehead atoms. The van der Waals surface area contributed by atoms with Gasteiger partial charge >= 0.3 is 0 Å². The van der Waals surface area contributed by atoms with E-state index in [0.29, 0.717) is 24.0 Å². The van der Waals surface area contributed by atoms with Gasteiger partial charge in [0.15, 0.2) is 0 Å².